The Hall–Kier alpha value is -3.98. The van der Waals surface area contributed by atoms with Gasteiger partial charge < -0.3 is 14.2 Å². The van der Waals surface area contributed by atoms with Crippen LogP contribution in [0.15, 0.2) is 64.3 Å². The molecule has 1 saturated heterocycles. The van der Waals surface area contributed by atoms with Gasteiger partial charge in [-0.05, 0) is 45.0 Å². The molecule has 9 nitrogen and oxygen atoms in total. The zero-order valence-electron chi connectivity index (χ0n) is 19.6. The van der Waals surface area contributed by atoms with E-state index in [2.05, 4.69) is 4.98 Å². The van der Waals surface area contributed by atoms with Gasteiger partial charge in [-0.1, -0.05) is 35.4 Å². The second kappa shape index (κ2) is 10.1. The highest BCUT2D eigenvalue weighted by atomic mass is 16.6. The van der Waals surface area contributed by atoms with E-state index >= 15 is 0 Å². The minimum atomic E-state index is -0.822. The normalized spacial score (nSPS) is 19.3. The summed E-state index contributed by atoms with van der Waals surface area (Å²) in [6, 6.07) is 13.8. The van der Waals surface area contributed by atoms with E-state index in [9.17, 15) is 19.2 Å². The van der Waals surface area contributed by atoms with Crippen LogP contribution in [-0.4, -0.2) is 40.3 Å². The molecule has 1 fully saturated rings. The SMILES string of the molecule is Cc1ccc(C(=O)OC[C@H]2O[C@@H]([15n]3cc(C)c(=O)[15nH][13c]3=O)CC2OC(=O)c2ccc(C)cc2)cc1. The lowest BCUT2D eigenvalue weighted by Crippen LogP contribution is -2.33. The van der Waals surface area contributed by atoms with Crippen molar-refractivity contribution in [1.29, 1.82) is 0 Å². The molecule has 0 aliphatic carbocycles. The largest absolute Gasteiger partial charge is 0.459 e. The topological polar surface area (TPSA) is 117 Å². The van der Waals surface area contributed by atoms with E-state index in [1.54, 1.807) is 55.5 Å². The Morgan fingerprint density at radius 1 is 0.943 bits per heavy atom. The Morgan fingerprint density at radius 3 is 2.11 bits per heavy atom. The molecule has 1 aliphatic heterocycles. The molecule has 3 atom stereocenters. The third-order valence-corrected chi connectivity index (χ3v) is 5.85. The maximum absolute atomic E-state index is 12.8. The number of aryl methyl sites for hydroxylation is 3. The van der Waals surface area contributed by atoms with Gasteiger partial charge in [0.15, 0.2) is 0 Å². The molecule has 0 saturated carbocycles. The number of nitrogens with zero attached hydrogens (tertiary/aromatic N) is 1. The Balaban J connectivity index is 1.53. The lowest BCUT2D eigenvalue weighted by molar-refractivity contribution is -0.0582. The van der Waals surface area contributed by atoms with Crippen molar-refractivity contribution in [3.63, 3.8) is 0 Å². The van der Waals surface area contributed by atoms with E-state index in [0.717, 1.165) is 11.1 Å². The van der Waals surface area contributed by atoms with Gasteiger partial charge in [-0.3, -0.25) is 14.3 Å². The summed E-state index contributed by atoms with van der Waals surface area (Å²) in [6.07, 6.45) is -0.903. The standard InChI is InChI=1S/C26H26N2O7/c1-15-4-8-18(9-5-15)24(30)33-14-21-20(35-25(31)19-10-6-16(2)7-11-19)12-22(34-21)28-13-17(3)23(29)27-26(28)32/h4-11,13,20-22H,12,14H2,1-3H3,(H,27,29,32)/t20?,21-,22-/m1/s1/i26+1,27+1,28+1. The first-order valence-corrected chi connectivity index (χ1v) is 11.2. The highest BCUT2D eigenvalue weighted by molar-refractivity contribution is 5.90. The number of carbonyl (C=O) groups excluding carboxylic acids is 2. The first kappa shape index (κ1) is 24.2. The van der Waals surface area contributed by atoms with Crippen molar-refractivity contribution in [2.45, 2.75) is 45.6 Å². The molecule has 1 unspecified atom stereocenters. The van der Waals surface area contributed by atoms with Crippen LogP contribution in [-0.2, 0) is 14.2 Å². The lowest BCUT2D eigenvalue weighted by Gasteiger charge is -2.19. The molecule has 2 aromatic carbocycles. The number of carbonyl (C=O) groups is 2. The molecule has 1 aliphatic rings. The number of H-pyrrole nitrogens is 1. The van der Waals surface area contributed by atoms with Crippen molar-refractivity contribution >= 4 is 11.9 Å². The molecule has 35 heavy (non-hydrogen) atoms. The number of nitrogens with one attached hydrogen (secondary N) is 1. The molecule has 4 rings (SSSR count). The molecule has 0 bridgehead atoms. The number of hydrogen-bond donors (Lipinski definition) is 1. The zero-order chi connectivity index (χ0) is 25.1. The fourth-order valence-electron chi connectivity index (χ4n) is 3.77. The van der Waals surface area contributed by atoms with Crippen LogP contribution >= 0.6 is 0 Å². The van der Waals surface area contributed by atoms with Gasteiger partial charge in [-0.25, -0.2) is 14.4 Å². The van der Waals surface area contributed by atoms with E-state index in [-0.39, 0.29) is 13.0 Å². The average Bonchev–Trinajstić information content (AvgIpc) is 3.22. The lowest BCUT2D eigenvalue weighted by atomic mass is 10.1. The van der Waals surface area contributed by atoms with Crippen molar-refractivity contribution in [3.05, 3.63) is 103 Å². The van der Waals surface area contributed by atoms with Crippen LogP contribution in [0.1, 0.15) is 50.1 Å². The van der Waals surface area contributed by atoms with Gasteiger partial charge in [0, 0.05) is 18.2 Å². The fourth-order valence-corrected chi connectivity index (χ4v) is 3.77. The molecule has 182 valence electrons. The second-order valence-electron chi connectivity index (χ2n) is 8.62. The minimum Gasteiger partial charge on any atom is -0.459 e. The Kier molecular flexibility index (Phi) is 6.97. The fraction of sp³-hybridized carbons (Fsp3) is 0.308. The molecular weight excluding hydrogens is 455 g/mol. The summed E-state index contributed by atoms with van der Waals surface area (Å²) in [7, 11) is 0. The van der Waals surface area contributed by atoms with Crippen molar-refractivity contribution < 1.29 is 23.8 Å². The van der Waals surface area contributed by atoms with Gasteiger partial charge in [0.2, 0.25) is 0 Å². The number of rotatable bonds is 6. The number of aromatic nitrogens is 2. The molecule has 9 heteroatoms. The smallest absolute Gasteiger partial charge is 0.338 e. The third kappa shape index (κ3) is 5.58. The first-order valence-electron chi connectivity index (χ1n) is 11.2. The molecule has 3 aromatic rings. The number of ether oxygens (including phenoxy) is 3. The Bertz CT molecular complexity index is 1340. The summed E-state index contributed by atoms with van der Waals surface area (Å²) >= 11 is 0. The number of hydrogen-bond acceptors (Lipinski definition) is 7. The van der Waals surface area contributed by atoms with Gasteiger partial charge in [-0.15, -0.1) is 0 Å². The molecule has 1 aromatic heterocycles. The highest BCUT2D eigenvalue weighted by Gasteiger charge is 2.40. The van der Waals surface area contributed by atoms with E-state index in [1.165, 1.54) is 10.8 Å². The van der Waals surface area contributed by atoms with Crippen LogP contribution in [0, 0.1) is 20.8 Å². The first-order chi connectivity index (χ1) is 16.7. The summed E-state index contributed by atoms with van der Waals surface area (Å²) in [6.45, 7) is 5.20. The van der Waals surface area contributed by atoms with Gasteiger partial charge in [0.05, 0.1) is 11.1 Å². The van der Waals surface area contributed by atoms with Crippen LogP contribution in [0.3, 0.4) is 0 Å². The number of esters is 2. The Labute approximate surface area is 201 Å². The van der Waals surface area contributed by atoms with Crippen molar-refractivity contribution in [2.24, 2.45) is 0 Å². The van der Waals surface area contributed by atoms with Crippen molar-refractivity contribution in [1.82, 2.24) is 9.55 Å². The maximum atomic E-state index is 12.8. The molecule has 1 N–H and O–H groups in total. The van der Waals surface area contributed by atoms with Crippen LogP contribution in [0.5, 0.6) is 0 Å². The molecular formula is C26H26N2O7. The predicted octanol–water partition coefficient (Wildman–Crippen LogP) is 2.83. The van der Waals surface area contributed by atoms with Crippen LogP contribution in [0.4, 0.5) is 0 Å². The minimum absolute atomic E-state index is 0.135. The van der Waals surface area contributed by atoms with Gasteiger partial charge >= 0.3 is 17.6 Å². The average molecular weight is 481 g/mol. The van der Waals surface area contributed by atoms with Crippen LogP contribution < -0.4 is 11.2 Å². The van der Waals surface area contributed by atoms with Crippen molar-refractivity contribution in [2.75, 3.05) is 6.61 Å². The molecule has 0 radical (unpaired) electrons. The molecule has 2 heterocycles. The summed E-state index contributed by atoms with van der Waals surface area (Å²) in [5.41, 5.74) is 1.95. The second-order valence-corrected chi connectivity index (χ2v) is 8.62. The number of aromatic amines is 1. The third-order valence-electron chi connectivity index (χ3n) is 5.85. The summed E-state index contributed by atoms with van der Waals surface area (Å²) in [4.78, 5) is 51.6. The van der Waals surface area contributed by atoms with E-state index < -0.39 is 41.6 Å². The quantitative estimate of drug-likeness (QED) is 0.538. The van der Waals surface area contributed by atoms with E-state index in [1.807, 2.05) is 13.8 Å². The maximum Gasteiger partial charge on any atom is 0.338 e. The number of benzene rings is 2. The van der Waals surface area contributed by atoms with Gasteiger partial charge in [0.1, 0.15) is 25.0 Å². The van der Waals surface area contributed by atoms with Crippen LogP contribution in [0.2, 0.25) is 0 Å². The van der Waals surface area contributed by atoms with Gasteiger partial charge in [-0.2, -0.15) is 0 Å². The predicted molar refractivity (Wildman–Crippen MR) is 126 cm³/mol. The summed E-state index contributed by atoms with van der Waals surface area (Å²) < 4.78 is 18.4. The van der Waals surface area contributed by atoms with Gasteiger partial charge in [0.25, 0.3) is 5.56 Å². The zero-order valence-corrected chi connectivity index (χ0v) is 19.6. The van der Waals surface area contributed by atoms with Crippen molar-refractivity contribution in [3.8, 4) is 0 Å². The van der Waals surface area contributed by atoms with Crippen LogP contribution in [0.25, 0.3) is 0 Å². The van der Waals surface area contributed by atoms with E-state index in [0.29, 0.717) is 16.7 Å². The summed E-state index contributed by atoms with van der Waals surface area (Å²) in [5.74, 6) is -1.10. The molecule has 0 spiro atoms. The summed E-state index contributed by atoms with van der Waals surface area (Å²) in [5, 5.41) is 0. The highest BCUT2D eigenvalue weighted by Crippen LogP contribution is 2.31. The Morgan fingerprint density at radius 2 is 1.51 bits per heavy atom. The molecule has 0 amide bonds. The van der Waals surface area contributed by atoms with E-state index in [4.69, 9.17) is 14.2 Å². The monoisotopic (exact) mass is 481 g/mol.